The van der Waals surface area contributed by atoms with Crippen LogP contribution in [0.4, 0.5) is 5.69 Å². The van der Waals surface area contributed by atoms with E-state index in [-0.39, 0.29) is 0 Å². The van der Waals surface area contributed by atoms with E-state index in [1.807, 2.05) is 36.4 Å². The zero-order valence-corrected chi connectivity index (χ0v) is 13.3. The van der Waals surface area contributed by atoms with Gasteiger partial charge in [-0.3, -0.25) is 0 Å². The van der Waals surface area contributed by atoms with Crippen LogP contribution in [0.5, 0.6) is 17.2 Å². The molecule has 0 aromatic heterocycles. The largest absolute Gasteiger partial charge is 0.497 e. The Morgan fingerprint density at radius 1 is 1.19 bits per heavy atom. The minimum absolute atomic E-state index is 0.590. The Kier molecular flexibility index (Phi) is 4.20. The number of anilines is 1. The summed E-state index contributed by atoms with van der Waals surface area (Å²) in [5.74, 6) is 2.45. The zero-order chi connectivity index (χ0) is 14.7. The molecule has 0 spiro atoms. The third-order valence-corrected chi connectivity index (χ3v) is 3.98. The summed E-state index contributed by atoms with van der Waals surface area (Å²) in [6, 6.07) is 11.8. The average molecular weight is 350 g/mol. The van der Waals surface area contributed by atoms with Gasteiger partial charge in [0.25, 0.3) is 0 Å². The van der Waals surface area contributed by atoms with Crippen molar-refractivity contribution in [2.75, 3.05) is 25.6 Å². The number of para-hydroxylation sites is 1. The molecule has 110 valence electrons. The van der Waals surface area contributed by atoms with E-state index in [1.54, 1.807) is 7.11 Å². The Hall–Kier alpha value is -1.88. The second kappa shape index (κ2) is 6.26. The minimum atomic E-state index is 0.590. The molecule has 0 radical (unpaired) electrons. The molecule has 1 aliphatic rings. The van der Waals surface area contributed by atoms with Gasteiger partial charge < -0.3 is 19.5 Å². The van der Waals surface area contributed by atoms with E-state index >= 15 is 0 Å². The fourth-order valence-electron chi connectivity index (χ4n) is 2.23. The van der Waals surface area contributed by atoms with Gasteiger partial charge in [-0.1, -0.05) is 12.1 Å². The molecular weight excluding hydrogens is 334 g/mol. The van der Waals surface area contributed by atoms with Gasteiger partial charge in [-0.25, -0.2) is 0 Å². The smallest absolute Gasteiger partial charge is 0.166 e. The quantitative estimate of drug-likeness (QED) is 0.910. The molecule has 4 nitrogen and oxygen atoms in total. The minimum Gasteiger partial charge on any atom is -0.497 e. The standard InChI is InChI=1S/C16H16BrNO3/c1-19-12-5-6-13(17)14(9-12)18-10-11-3-2-4-15-16(11)21-8-7-20-15/h2-6,9,18H,7-8,10H2,1H3. The molecule has 0 saturated carbocycles. The Labute approximate surface area is 132 Å². The Balaban J connectivity index is 1.79. The summed E-state index contributed by atoms with van der Waals surface area (Å²) in [6.45, 7) is 1.84. The number of nitrogens with one attached hydrogen (secondary N) is 1. The first-order chi connectivity index (χ1) is 10.3. The number of fused-ring (bicyclic) bond motifs is 1. The highest BCUT2D eigenvalue weighted by molar-refractivity contribution is 9.10. The lowest BCUT2D eigenvalue weighted by Gasteiger charge is -2.21. The van der Waals surface area contributed by atoms with Crippen molar-refractivity contribution in [2.24, 2.45) is 0 Å². The first-order valence-corrected chi connectivity index (χ1v) is 7.52. The van der Waals surface area contributed by atoms with Gasteiger partial charge in [0.15, 0.2) is 11.5 Å². The van der Waals surface area contributed by atoms with Crippen molar-refractivity contribution in [3.8, 4) is 17.2 Å². The Morgan fingerprint density at radius 2 is 2.05 bits per heavy atom. The molecule has 2 aromatic carbocycles. The third-order valence-electron chi connectivity index (χ3n) is 3.29. The number of hydrogen-bond acceptors (Lipinski definition) is 4. The van der Waals surface area contributed by atoms with Crippen molar-refractivity contribution in [2.45, 2.75) is 6.54 Å². The van der Waals surface area contributed by atoms with E-state index in [0.29, 0.717) is 19.8 Å². The summed E-state index contributed by atoms with van der Waals surface area (Å²) in [6.07, 6.45) is 0. The van der Waals surface area contributed by atoms with Gasteiger partial charge in [0.2, 0.25) is 0 Å². The first kappa shape index (κ1) is 14.1. The fraction of sp³-hybridized carbons (Fsp3) is 0.250. The molecule has 21 heavy (non-hydrogen) atoms. The average Bonchev–Trinajstić information content (AvgIpc) is 2.54. The van der Waals surface area contributed by atoms with Crippen LogP contribution < -0.4 is 19.5 Å². The van der Waals surface area contributed by atoms with Crippen LogP contribution in [0.2, 0.25) is 0 Å². The van der Waals surface area contributed by atoms with E-state index in [9.17, 15) is 0 Å². The SMILES string of the molecule is COc1ccc(Br)c(NCc2cccc3c2OCCO3)c1. The highest BCUT2D eigenvalue weighted by Crippen LogP contribution is 2.34. The monoisotopic (exact) mass is 349 g/mol. The van der Waals surface area contributed by atoms with Gasteiger partial charge >= 0.3 is 0 Å². The van der Waals surface area contributed by atoms with Crippen molar-refractivity contribution in [3.05, 3.63) is 46.4 Å². The topological polar surface area (TPSA) is 39.7 Å². The van der Waals surface area contributed by atoms with E-state index in [0.717, 1.165) is 33.0 Å². The second-order valence-corrected chi connectivity index (χ2v) is 5.49. The molecule has 1 heterocycles. The molecule has 0 unspecified atom stereocenters. The van der Waals surface area contributed by atoms with Crippen molar-refractivity contribution < 1.29 is 14.2 Å². The van der Waals surface area contributed by atoms with E-state index < -0.39 is 0 Å². The molecular formula is C16H16BrNO3. The molecule has 0 fully saturated rings. The van der Waals surface area contributed by atoms with E-state index in [4.69, 9.17) is 14.2 Å². The lowest BCUT2D eigenvalue weighted by atomic mass is 10.1. The Bertz CT molecular complexity index is 645. The van der Waals surface area contributed by atoms with Crippen LogP contribution >= 0.6 is 15.9 Å². The molecule has 0 aliphatic carbocycles. The molecule has 0 atom stereocenters. The predicted molar refractivity (Wildman–Crippen MR) is 85.5 cm³/mol. The highest BCUT2D eigenvalue weighted by atomic mass is 79.9. The summed E-state index contributed by atoms with van der Waals surface area (Å²) < 4.78 is 17.5. The van der Waals surface area contributed by atoms with Crippen LogP contribution in [-0.2, 0) is 6.54 Å². The predicted octanol–water partition coefficient (Wildman–Crippen LogP) is 3.84. The molecule has 1 aliphatic heterocycles. The van der Waals surface area contributed by atoms with Crippen LogP contribution in [0, 0.1) is 0 Å². The lowest BCUT2D eigenvalue weighted by molar-refractivity contribution is 0.170. The number of halogens is 1. The fourth-order valence-corrected chi connectivity index (χ4v) is 2.62. The summed E-state index contributed by atoms with van der Waals surface area (Å²) in [4.78, 5) is 0. The third kappa shape index (κ3) is 3.08. The molecule has 2 aromatic rings. The maximum absolute atomic E-state index is 5.72. The second-order valence-electron chi connectivity index (χ2n) is 4.64. The molecule has 1 N–H and O–H groups in total. The van der Waals surface area contributed by atoms with Crippen LogP contribution in [0.3, 0.4) is 0 Å². The Morgan fingerprint density at radius 3 is 2.90 bits per heavy atom. The maximum atomic E-state index is 5.72. The van der Waals surface area contributed by atoms with Gasteiger partial charge in [0.1, 0.15) is 19.0 Å². The van der Waals surface area contributed by atoms with Crippen LogP contribution in [0.1, 0.15) is 5.56 Å². The van der Waals surface area contributed by atoms with Gasteiger partial charge in [-0.05, 0) is 34.1 Å². The number of methoxy groups -OCH3 is 1. The normalized spacial score (nSPS) is 12.9. The number of benzene rings is 2. The number of ether oxygens (including phenoxy) is 3. The van der Waals surface area contributed by atoms with E-state index in [2.05, 4.69) is 21.2 Å². The number of hydrogen-bond donors (Lipinski definition) is 1. The molecule has 0 saturated heterocycles. The summed E-state index contributed by atoms with van der Waals surface area (Å²) in [5, 5.41) is 3.39. The van der Waals surface area contributed by atoms with Crippen molar-refractivity contribution in [1.82, 2.24) is 0 Å². The van der Waals surface area contributed by atoms with Crippen LogP contribution in [0.25, 0.3) is 0 Å². The first-order valence-electron chi connectivity index (χ1n) is 6.73. The van der Waals surface area contributed by atoms with E-state index in [1.165, 1.54) is 0 Å². The van der Waals surface area contributed by atoms with Crippen LogP contribution in [-0.4, -0.2) is 20.3 Å². The highest BCUT2D eigenvalue weighted by Gasteiger charge is 2.15. The summed E-state index contributed by atoms with van der Waals surface area (Å²) >= 11 is 3.53. The summed E-state index contributed by atoms with van der Waals surface area (Å²) in [7, 11) is 1.66. The lowest BCUT2D eigenvalue weighted by Crippen LogP contribution is -2.17. The molecule has 3 rings (SSSR count). The number of rotatable bonds is 4. The van der Waals surface area contributed by atoms with Gasteiger partial charge in [-0.15, -0.1) is 0 Å². The zero-order valence-electron chi connectivity index (χ0n) is 11.7. The van der Waals surface area contributed by atoms with Crippen LogP contribution in [0.15, 0.2) is 40.9 Å². The van der Waals surface area contributed by atoms with Crippen molar-refractivity contribution >= 4 is 21.6 Å². The van der Waals surface area contributed by atoms with Gasteiger partial charge in [-0.2, -0.15) is 0 Å². The molecule has 0 bridgehead atoms. The summed E-state index contributed by atoms with van der Waals surface area (Å²) in [5.41, 5.74) is 2.05. The van der Waals surface area contributed by atoms with Crippen molar-refractivity contribution in [3.63, 3.8) is 0 Å². The van der Waals surface area contributed by atoms with Crippen molar-refractivity contribution in [1.29, 1.82) is 0 Å². The molecule has 0 amide bonds. The van der Waals surface area contributed by atoms with Gasteiger partial charge in [0, 0.05) is 22.6 Å². The molecule has 5 heteroatoms. The maximum Gasteiger partial charge on any atom is 0.166 e. The van der Waals surface area contributed by atoms with Gasteiger partial charge in [0.05, 0.1) is 12.8 Å².